The Kier molecular flexibility index (Phi) is 6.33. The van der Waals surface area contributed by atoms with Gasteiger partial charge >= 0.3 is 5.97 Å². The lowest BCUT2D eigenvalue weighted by molar-refractivity contribution is -0.132. The van der Waals surface area contributed by atoms with Crippen LogP contribution in [0.3, 0.4) is 0 Å². The van der Waals surface area contributed by atoms with Crippen molar-refractivity contribution in [2.45, 2.75) is 6.92 Å². The predicted molar refractivity (Wildman–Crippen MR) is 119 cm³/mol. The van der Waals surface area contributed by atoms with Gasteiger partial charge in [-0.25, -0.2) is 19.3 Å². The van der Waals surface area contributed by atoms with Crippen molar-refractivity contribution in [2.75, 3.05) is 12.4 Å². The van der Waals surface area contributed by atoms with Crippen molar-refractivity contribution in [3.8, 4) is 23.1 Å². The van der Waals surface area contributed by atoms with Crippen LogP contribution in [0.2, 0.25) is 5.02 Å². The summed E-state index contributed by atoms with van der Waals surface area (Å²) in [6.45, 7) is 1.20. The molecule has 3 heterocycles. The van der Waals surface area contributed by atoms with E-state index >= 15 is 0 Å². The van der Waals surface area contributed by atoms with Gasteiger partial charge in [0.25, 0.3) is 5.91 Å². The number of carbonyl (C=O) groups is 2. The van der Waals surface area contributed by atoms with Crippen LogP contribution in [0.1, 0.15) is 17.4 Å². The number of hydrogen-bond donors (Lipinski definition) is 1. The quantitative estimate of drug-likeness (QED) is 0.383. The van der Waals surface area contributed by atoms with Crippen LogP contribution in [-0.4, -0.2) is 33.9 Å². The third-order valence-corrected chi connectivity index (χ3v) is 5.28. The van der Waals surface area contributed by atoms with E-state index in [9.17, 15) is 14.0 Å². The normalized spacial score (nSPS) is 10.7. The van der Waals surface area contributed by atoms with Gasteiger partial charge in [0.05, 0.1) is 12.1 Å². The number of ether oxygens (including phenoxy) is 3. The number of methoxy groups -OCH3 is 1. The fraction of sp³-hybridized carbons (Fsp3) is 0.0952. The number of hydrogen-bond acceptors (Lipinski definition) is 9. The zero-order valence-corrected chi connectivity index (χ0v) is 18.7. The van der Waals surface area contributed by atoms with Gasteiger partial charge in [0.2, 0.25) is 11.6 Å². The highest BCUT2D eigenvalue weighted by Gasteiger charge is 2.22. The van der Waals surface area contributed by atoms with Gasteiger partial charge < -0.3 is 14.2 Å². The van der Waals surface area contributed by atoms with Gasteiger partial charge in [-0.05, 0) is 24.3 Å². The number of fused-ring (bicyclic) bond motifs is 1. The highest BCUT2D eigenvalue weighted by Crippen LogP contribution is 2.33. The predicted octanol–water partition coefficient (Wildman–Crippen LogP) is 4.86. The van der Waals surface area contributed by atoms with Gasteiger partial charge in [0, 0.05) is 25.3 Å². The number of carbonyl (C=O) groups excluding carboxylic acids is 2. The molecule has 4 rings (SSSR count). The first-order chi connectivity index (χ1) is 15.8. The minimum atomic E-state index is -0.654. The highest BCUT2D eigenvalue weighted by atomic mass is 35.5. The van der Waals surface area contributed by atoms with Gasteiger partial charge in [-0.1, -0.05) is 22.9 Å². The molecule has 0 aliphatic rings. The summed E-state index contributed by atoms with van der Waals surface area (Å²) in [7, 11) is 1.38. The maximum Gasteiger partial charge on any atom is 0.308 e. The monoisotopic (exact) mass is 488 g/mol. The number of thiazole rings is 1. The number of amides is 1. The zero-order valence-electron chi connectivity index (χ0n) is 17.1. The molecule has 0 saturated heterocycles. The Balaban J connectivity index is 1.57. The van der Waals surface area contributed by atoms with E-state index in [2.05, 4.69) is 20.3 Å². The van der Waals surface area contributed by atoms with E-state index in [4.69, 9.17) is 25.8 Å². The van der Waals surface area contributed by atoms with Crippen LogP contribution in [0.5, 0.6) is 23.1 Å². The average Bonchev–Trinajstić information content (AvgIpc) is 3.16. The molecule has 0 aliphatic carbocycles. The molecule has 0 fully saturated rings. The Morgan fingerprint density at radius 3 is 2.67 bits per heavy atom. The average molecular weight is 489 g/mol. The molecule has 1 amide bonds. The number of aromatic nitrogens is 3. The maximum atomic E-state index is 13.2. The van der Waals surface area contributed by atoms with E-state index in [-0.39, 0.29) is 39.0 Å². The van der Waals surface area contributed by atoms with Crippen LogP contribution in [-0.2, 0) is 4.79 Å². The molecule has 9 nitrogen and oxygen atoms in total. The summed E-state index contributed by atoms with van der Waals surface area (Å²) in [4.78, 5) is 37.4. The number of pyridine rings is 2. The summed E-state index contributed by atoms with van der Waals surface area (Å²) < 4.78 is 29.1. The van der Waals surface area contributed by atoms with Crippen molar-refractivity contribution in [1.82, 2.24) is 15.0 Å². The van der Waals surface area contributed by atoms with Crippen molar-refractivity contribution in [3.63, 3.8) is 0 Å². The van der Waals surface area contributed by atoms with Gasteiger partial charge in [-0.15, -0.1) is 0 Å². The molecule has 4 aromatic rings. The minimum Gasteiger partial charge on any atom is -0.493 e. The van der Waals surface area contributed by atoms with Crippen molar-refractivity contribution >= 4 is 50.3 Å². The zero-order chi connectivity index (χ0) is 23.5. The number of anilines is 1. The second-order valence-corrected chi connectivity index (χ2v) is 7.79. The van der Waals surface area contributed by atoms with E-state index in [0.29, 0.717) is 10.3 Å². The molecule has 0 spiro atoms. The number of benzene rings is 1. The molecule has 1 N–H and O–H groups in total. The summed E-state index contributed by atoms with van der Waals surface area (Å²) in [6, 6.07) is 8.42. The lowest BCUT2D eigenvalue weighted by atomic mass is 10.3. The maximum absolute atomic E-state index is 13.2. The summed E-state index contributed by atoms with van der Waals surface area (Å²) in [6.07, 6.45) is 1.35. The van der Waals surface area contributed by atoms with Gasteiger partial charge in [0.15, 0.2) is 16.6 Å². The summed E-state index contributed by atoms with van der Waals surface area (Å²) in [5, 5.41) is 2.95. The van der Waals surface area contributed by atoms with Crippen molar-refractivity contribution in [2.24, 2.45) is 0 Å². The lowest BCUT2D eigenvalue weighted by Crippen LogP contribution is -2.17. The molecule has 0 unspecified atom stereocenters. The van der Waals surface area contributed by atoms with E-state index in [1.807, 2.05) is 0 Å². The summed E-state index contributed by atoms with van der Waals surface area (Å²) in [5.74, 6) is -1.24. The van der Waals surface area contributed by atoms with Crippen LogP contribution >= 0.6 is 22.9 Å². The molecule has 0 saturated carbocycles. The first-order valence-corrected chi connectivity index (χ1v) is 10.5. The molecular weight excluding hydrogens is 475 g/mol. The molecular formula is C21H14ClFN4O5S. The molecule has 1 aromatic carbocycles. The number of nitrogens with zero attached hydrogens (tertiary/aromatic N) is 3. The Bertz CT molecular complexity index is 1380. The van der Waals surface area contributed by atoms with E-state index in [1.165, 1.54) is 38.4 Å². The molecule has 0 aliphatic heterocycles. The molecule has 0 bridgehead atoms. The third-order valence-electron chi connectivity index (χ3n) is 4.11. The number of nitrogens with one attached hydrogen (secondary N) is 1. The first kappa shape index (κ1) is 22.4. The number of esters is 1. The summed E-state index contributed by atoms with van der Waals surface area (Å²) >= 11 is 7.07. The lowest BCUT2D eigenvalue weighted by Gasteiger charge is -2.11. The smallest absolute Gasteiger partial charge is 0.308 e. The Morgan fingerprint density at radius 2 is 1.94 bits per heavy atom. The van der Waals surface area contributed by atoms with Crippen LogP contribution < -0.4 is 19.5 Å². The highest BCUT2D eigenvalue weighted by molar-refractivity contribution is 7.22. The van der Waals surface area contributed by atoms with Crippen molar-refractivity contribution in [1.29, 1.82) is 0 Å². The number of rotatable bonds is 6. The van der Waals surface area contributed by atoms with Gasteiger partial charge in [-0.3, -0.25) is 14.9 Å². The fourth-order valence-electron chi connectivity index (χ4n) is 2.73. The third kappa shape index (κ3) is 4.99. The van der Waals surface area contributed by atoms with Crippen LogP contribution in [0, 0.1) is 5.82 Å². The Labute approximate surface area is 195 Å². The molecule has 3 aromatic heterocycles. The van der Waals surface area contributed by atoms with E-state index in [1.54, 1.807) is 12.1 Å². The minimum absolute atomic E-state index is 0.100. The first-order valence-electron chi connectivity index (χ1n) is 9.27. The van der Waals surface area contributed by atoms with Crippen LogP contribution in [0.15, 0.2) is 42.6 Å². The van der Waals surface area contributed by atoms with Crippen LogP contribution in [0.25, 0.3) is 10.3 Å². The molecule has 0 radical (unpaired) electrons. The second-order valence-electron chi connectivity index (χ2n) is 6.41. The topological polar surface area (TPSA) is 113 Å². The number of halogens is 2. The van der Waals surface area contributed by atoms with Crippen LogP contribution in [0.4, 0.5) is 9.52 Å². The largest absolute Gasteiger partial charge is 0.493 e. The van der Waals surface area contributed by atoms with Crippen molar-refractivity contribution in [3.05, 3.63) is 59.1 Å². The van der Waals surface area contributed by atoms with Crippen molar-refractivity contribution < 1.29 is 28.2 Å². The Hall–Kier alpha value is -3.83. The molecule has 12 heteroatoms. The van der Waals surface area contributed by atoms with E-state index < -0.39 is 17.7 Å². The second kappa shape index (κ2) is 9.35. The SMILES string of the molecule is COc1ccnc(C(=O)Nc2nc3ccc(Oc4ccc(F)cc4Cl)nc3s2)c1OC(C)=O. The van der Waals surface area contributed by atoms with Gasteiger partial charge in [0.1, 0.15) is 21.9 Å². The van der Waals surface area contributed by atoms with Gasteiger partial charge in [-0.2, -0.15) is 0 Å². The molecule has 33 heavy (non-hydrogen) atoms. The summed E-state index contributed by atoms with van der Waals surface area (Å²) in [5.41, 5.74) is 0.360. The fourth-order valence-corrected chi connectivity index (χ4v) is 3.76. The molecule has 0 atom stereocenters. The molecule has 168 valence electrons. The van der Waals surface area contributed by atoms with E-state index in [0.717, 1.165) is 17.4 Å². The standard InChI is InChI=1S/C21H14ClFN4O5S/c1-10(28)31-18-15(30-2)7-8-24-17(18)19(29)27-21-25-13-4-6-16(26-20(13)33-21)32-14-5-3-11(23)9-12(14)22/h3-9H,1-2H3,(H,25,27,29). The Morgan fingerprint density at radius 1 is 1.12 bits per heavy atom.